The third-order valence-corrected chi connectivity index (χ3v) is 7.10. The van der Waals surface area contributed by atoms with Crippen molar-refractivity contribution in [2.45, 2.75) is 57.5 Å². The zero-order chi connectivity index (χ0) is 24.2. The van der Waals surface area contributed by atoms with Crippen LogP contribution in [-0.2, 0) is 12.7 Å². The quantitative estimate of drug-likeness (QED) is 0.692. The molecule has 3 atom stereocenters. The number of rotatable bonds is 2. The van der Waals surface area contributed by atoms with Crippen LogP contribution in [0.4, 0.5) is 23.8 Å². The molecule has 2 saturated heterocycles. The summed E-state index contributed by atoms with van der Waals surface area (Å²) in [6.45, 7) is 6.91. The molecule has 2 N–H and O–H groups in total. The molecule has 12 heteroatoms. The van der Waals surface area contributed by atoms with Gasteiger partial charge in [0.1, 0.15) is 5.69 Å². The first-order valence-corrected chi connectivity index (χ1v) is 11.4. The number of halogens is 3. The highest BCUT2D eigenvalue weighted by atomic mass is 19.4. The lowest BCUT2D eigenvalue weighted by Gasteiger charge is -2.44. The minimum absolute atomic E-state index is 0.0437. The lowest BCUT2D eigenvalue weighted by atomic mass is 10.1. The van der Waals surface area contributed by atoms with Crippen LogP contribution >= 0.6 is 0 Å². The molecule has 182 valence electrons. The van der Waals surface area contributed by atoms with E-state index in [4.69, 9.17) is 0 Å². The van der Waals surface area contributed by atoms with E-state index in [0.29, 0.717) is 24.3 Å². The molecule has 3 aliphatic rings. The molecule has 2 aromatic heterocycles. The number of aromatic nitrogens is 3. The third kappa shape index (κ3) is 3.89. The second-order valence-electron chi connectivity index (χ2n) is 9.23. The van der Waals surface area contributed by atoms with Crippen LogP contribution in [-0.4, -0.2) is 73.5 Å². The minimum atomic E-state index is -4.53. The van der Waals surface area contributed by atoms with Crippen molar-refractivity contribution in [2.24, 2.45) is 0 Å². The molecule has 5 heterocycles. The molecule has 5 rings (SSSR count). The maximum atomic E-state index is 13.5. The van der Waals surface area contributed by atoms with Crippen LogP contribution in [0.2, 0.25) is 0 Å². The van der Waals surface area contributed by atoms with Gasteiger partial charge in [0.05, 0.1) is 23.8 Å². The molecule has 0 saturated carbocycles. The van der Waals surface area contributed by atoms with Crippen molar-refractivity contribution >= 4 is 17.8 Å². The number of piperazine rings is 1. The number of urea groups is 1. The molecule has 0 spiro atoms. The van der Waals surface area contributed by atoms with E-state index in [1.165, 1.54) is 0 Å². The summed E-state index contributed by atoms with van der Waals surface area (Å²) in [7, 11) is 0. The Morgan fingerprint density at radius 1 is 1.18 bits per heavy atom. The maximum Gasteiger partial charge on any atom is 0.417 e. The van der Waals surface area contributed by atoms with Crippen molar-refractivity contribution in [3.05, 3.63) is 40.8 Å². The predicted octanol–water partition coefficient (Wildman–Crippen LogP) is 3.24. The fourth-order valence-corrected chi connectivity index (χ4v) is 5.17. The van der Waals surface area contributed by atoms with Crippen LogP contribution in [0.1, 0.15) is 60.0 Å². The number of aromatic amines is 1. The van der Waals surface area contributed by atoms with Gasteiger partial charge in [-0.3, -0.25) is 19.8 Å². The van der Waals surface area contributed by atoms with Crippen LogP contribution in [0.5, 0.6) is 0 Å². The summed E-state index contributed by atoms with van der Waals surface area (Å²) < 4.78 is 38.2. The van der Waals surface area contributed by atoms with Gasteiger partial charge in [-0.15, -0.1) is 0 Å². The first-order chi connectivity index (χ1) is 16.1. The van der Waals surface area contributed by atoms with Crippen LogP contribution in [0.15, 0.2) is 18.3 Å². The first-order valence-electron chi connectivity index (χ1n) is 11.4. The highest BCUT2D eigenvalue weighted by Crippen LogP contribution is 2.37. The Kier molecular flexibility index (Phi) is 5.50. The number of nitrogens with one attached hydrogen (secondary N) is 2. The number of amides is 3. The molecule has 9 nitrogen and oxygen atoms in total. The Morgan fingerprint density at radius 3 is 2.68 bits per heavy atom. The molecule has 0 radical (unpaired) electrons. The van der Waals surface area contributed by atoms with Gasteiger partial charge in [-0.05, 0) is 45.4 Å². The number of hydrogen-bond donors (Lipinski definition) is 2. The van der Waals surface area contributed by atoms with Gasteiger partial charge < -0.3 is 15.1 Å². The number of nitrogens with zero attached hydrogens (tertiary/aromatic N) is 5. The van der Waals surface area contributed by atoms with Gasteiger partial charge in [-0.25, -0.2) is 4.79 Å². The fraction of sp³-hybridized carbons (Fsp3) is 0.545. The molecule has 2 fully saturated rings. The van der Waals surface area contributed by atoms with Crippen molar-refractivity contribution in [3.63, 3.8) is 0 Å². The van der Waals surface area contributed by atoms with Crippen LogP contribution in [0.25, 0.3) is 0 Å². The SMILES string of the molecule is CC1c2[nH]nc(NC(=O)c3ccc(C(F)(F)F)cn3)c2CN1C(=O)N1C[C@@H]2CCCN2C[C@@H]1C. The Bertz CT molecular complexity index is 1100. The number of fused-ring (bicyclic) bond motifs is 2. The maximum absolute atomic E-state index is 13.5. The van der Waals surface area contributed by atoms with Crippen molar-refractivity contribution < 1.29 is 22.8 Å². The topological polar surface area (TPSA) is 97.5 Å². The van der Waals surface area contributed by atoms with Gasteiger partial charge in [-0.1, -0.05) is 0 Å². The monoisotopic (exact) mass is 477 g/mol. The second kappa shape index (κ2) is 8.26. The number of anilines is 1. The van der Waals surface area contributed by atoms with Gasteiger partial charge in [0.15, 0.2) is 5.82 Å². The number of pyridine rings is 1. The molecule has 1 unspecified atom stereocenters. The molecule has 0 aromatic carbocycles. The van der Waals surface area contributed by atoms with Crippen LogP contribution in [0, 0.1) is 0 Å². The van der Waals surface area contributed by atoms with Gasteiger partial charge in [-0.2, -0.15) is 18.3 Å². The average Bonchev–Trinajstić information content (AvgIpc) is 3.49. The Morgan fingerprint density at radius 2 is 1.97 bits per heavy atom. The Balaban J connectivity index is 1.28. The lowest BCUT2D eigenvalue weighted by molar-refractivity contribution is -0.137. The Labute approximate surface area is 194 Å². The van der Waals surface area contributed by atoms with E-state index in [-0.39, 0.29) is 36.2 Å². The van der Waals surface area contributed by atoms with Gasteiger partial charge in [0, 0.05) is 36.9 Å². The zero-order valence-corrected chi connectivity index (χ0v) is 18.9. The van der Waals surface area contributed by atoms with Gasteiger partial charge >= 0.3 is 12.2 Å². The number of hydrogen-bond acceptors (Lipinski definition) is 5. The van der Waals surface area contributed by atoms with E-state index in [1.54, 1.807) is 4.90 Å². The van der Waals surface area contributed by atoms with Crippen molar-refractivity contribution in [1.29, 1.82) is 0 Å². The van der Waals surface area contributed by atoms with Crippen LogP contribution < -0.4 is 5.32 Å². The highest BCUT2D eigenvalue weighted by Gasteiger charge is 2.42. The van der Waals surface area contributed by atoms with E-state index in [1.807, 2.05) is 11.8 Å². The average molecular weight is 477 g/mol. The van der Waals surface area contributed by atoms with Gasteiger partial charge in [0.25, 0.3) is 5.91 Å². The van der Waals surface area contributed by atoms with Crippen molar-refractivity contribution in [3.8, 4) is 0 Å². The van der Waals surface area contributed by atoms with Crippen LogP contribution in [0.3, 0.4) is 0 Å². The molecular formula is C22H26F3N7O2. The molecule has 2 aromatic rings. The van der Waals surface area contributed by atoms with E-state index >= 15 is 0 Å². The number of H-pyrrole nitrogens is 1. The Hall–Kier alpha value is -3.15. The molecule has 0 bridgehead atoms. The molecule has 3 aliphatic heterocycles. The van der Waals surface area contributed by atoms with Gasteiger partial charge in [0.2, 0.25) is 0 Å². The predicted molar refractivity (Wildman–Crippen MR) is 116 cm³/mol. The summed E-state index contributed by atoms with van der Waals surface area (Å²) in [5.41, 5.74) is 0.330. The third-order valence-electron chi connectivity index (χ3n) is 7.10. The normalized spacial score (nSPS) is 24.8. The zero-order valence-electron chi connectivity index (χ0n) is 18.9. The summed E-state index contributed by atoms with van der Waals surface area (Å²) in [6.07, 6.45) is -1.65. The lowest BCUT2D eigenvalue weighted by Crippen LogP contribution is -2.59. The standard InChI is InChI=1S/C22H26F3N7O2/c1-12-9-30-7-3-4-15(30)10-31(12)21(34)32-11-16-18(13(32)2)28-29-19(16)27-20(33)17-6-5-14(8-26-17)22(23,24)25/h5-6,8,12-13,15H,3-4,7,9-11H2,1-2H3,(H2,27,28,29,33)/t12-,13?,15-/m0/s1. The van der Waals surface area contributed by atoms with Crippen molar-refractivity contribution in [2.75, 3.05) is 25.0 Å². The van der Waals surface area contributed by atoms with E-state index < -0.39 is 17.6 Å². The van der Waals surface area contributed by atoms with Crippen molar-refractivity contribution in [1.82, 2.24) is 29.9 Å². The molecule has 34 heavy (non-hydrogen) atoms. The van der Waals surface area contributed by atoms with E-state index in [2.05, 4.69) is 32.3 Å². The number of alkyl halides is 3. The molecule has 3 amide bonds. The summed E-state index contributed by atoms with van der Waals surface area (Å²) in [6, 6.07) is 2.05. The summed E-state index contributed by atoms with van der Waals surface area (Å²) in [5.74, 6) is -0.427. The number of carbonyl (C=O) groups excluding carboxylic acids is 2. The van der Waals surface area contributed by atoms with E-state index in [9.17, 15) is 22.8 Å². The molecule has 0 aliphatic carbocycles. The second-order valence-corrected chi connectivity index (χ2v) is 9.23. The smallest absolute Gasteiger partial charge is 0.319 e. The highest BCUT2D eigenvalue weighted by molar-refractivity contribution is 6.02. The van der Waals surface area contributed by atoms with E-state index in [0.717, 1.165) is 43.8 Å². The molecular weight excluding hydrogens is 451 g/mol. The minimum Gasteiger partial charge on any atom is -0.319 e. The summed E-state index contributed by atoms with van der Waals surface area (Å²) >= 11 is 0. The fourth-order valence-electron chi connectivity index (χ4n) is 5.17. The summed E-state index contributed by atoms with van der Waals surface area (Å²) in [4.78, 5) is 35.8. The largest absolute Gasteiger partial charge is 0.417 e. The first kappa shape index (κ1) is 22.6. The number of carbonyl (C=O) groups is 2. The summed E-state index contributed by atoms with van der Waals surface area (Å²) in [5, 5.41) is 9.67.